The van der Waals surface area contributed by atoms with Crippen molar-refractivity contribution < 1.29 is 26.7 Å². The van der Waals surface area contributed by atoms with E-state index in [-0.39, 0.29) is 9.79 Å². The first-order valence-corrected chi connectivity index (χ1v) is 8.47. The third-order valence-electron chi connectivity index (χ3n) is 2.26. The van der Waals surface area contributed by atoms with Gasteiger partial charge < -0.3 is 5.11 Å². The Morgan fingerprint density at radius 2 is 1.53 bits per heavy atom. The molecule has 0 amide bonds. The van der Waals surface area contributed by atoms with Crippen molar-refractivity contribution in [3.05, 3.63) is 24.3 Å². The summed E-state index contributed by atoms with van der Waals surface area (Å²) < 4.78 is 48.0. The van der Waals surface area contributed by atoms with Gasteiger partial charge in [-0.3, -0.25) is 4.79 Å². The summed E-state index contributed by atoms with van der Waals surface area (Å²) in [5.74, 6) is -1.31. The first kappa shape index (κ1) is 15.6. The average molecular weight is 307 g/mol. The standard InChI is InChI=1S/C10H13NO6S2/c1-7(10(12)13)11-19(16,17)9-5-3-8(4-6-9)18(2,14)15/h3-7,11H,1-2H3,(H,12,13)/t7-/m0/s1. The molecule has 1 rings (SSSR count). The van der Waals surface area contributed by atoms with Crippen molar-refractivity contribution in [1.29, 1.82) is 0 Å². The molecule has 0 spiro atoms. The number of hydrogen-bond donors (Lipinski definition) is 2. The minimum absolute atomic E-state index is 0.0160. The molecule has 0 saturated heterocycles. The zero-order valence-corrected chi connectivity index (χ0v) is 11.8. The van der Waals surface area contributed by atoms with Crippen LogP contribution < -0.4 is 4.72 Å². The molecule has 7 nitrogen and oxygen atoms in total. The molecule has 0 bridgehead atoms. The lowest BCUT2D eigenvalue weighted by Crippen LogP contribution is -2.38. The highest BCUT2D eigenvalue weighted by atomic mass is 32.2. The fourth-order valence-corrected chi connectivity index (χ4v) is 3.04. The third kappa shape index (κ3) is 4.01. The predicted molar refractivity (Wildman–Crippen MR) is 67.0 cm³/mol. The fraction of sp³-hybridized carbons (Fsp3) is 0.300. The van der Waals surface area contributed by atoms with Crippen molar-refractivity contribution in [2.75, 3.05) is 6.26 Å². The monoisotopic (exact) mass is 307 g/mol. The number of hydrogen-bond acceptors (Lipinski definition) is 5. The number of aliphatic carboxylic acids is 1. The zero-order chi connectivity index (χ0) is 14.8. The van der Waals surface area contributed by atoms with Gasteiger partial charge in [0.2, 0.25) is 10.0 Å². The van der Waals surface area contributed by atoms with Gasteiger partial charge >= 0.3 is 5.97 Å². The van der Waals surface area contributed by atoms with E-state index in [9.17, 15) is 21.6 Å². The van der Waals surface area contributed by atoms with Gasteiger partial charge in [-0.05, 0) is 31.2 Å². The second-order valence-corrected chi connectivity index (χ2v) is 7.65. The van der Waals surface area contributed by atoms with Gasteiger partial charge in [-0.25, -0.2) is 16.8 Å². The maximum Gasteiger partial charge on any atom is 0.321 e. The van der Waals surface area contributed by atoms with Crippen LogP contribution in [0.3, 0.4) is 0 Å². The summed E-state index contributed by atoms with van der Waals surface area (Å²) in [5.41, 5.74) is 0. The summed E-state index contributed by atoms with van der Waals surface area (Å²) >= 11 is 0. The van der Waals surface area contributed by atoms with E-state index in [1.165, 1.54) is 6.92 Å². The molecule has 2 N–H and O–H groups in total. The van der Waals surface area contributed by atoms with Crippen LogP contribution in [0.4, 0.5) is 0 Å². The summed E-state index contributed by atoms with van der Waals surface area (Å²) in [6, 6.07) is 3.23. The maximum atomic E-state index is 11.8. The van der Waals surface area contributed by atoms with E-state index < -0.39 is 31.9 Å². The van der Waals surface area contributed by atoms with Crippen molar-refractivity contribution in [2.45, 2.75) is 22.8 Å². The zero-order valence-electron chi connectivity index (χ0n) is 10.2. The predicted octanol–water partition coefficient (Wildman–Crippen LogP) is -0.159. The number of sulfonamides is 1. The molecule has 0 fully saturated rings. The van der Waals surface area contributed by atoms with Crippen molar-refractivity contribution >= 4 is 25.8 Å². The van der Waals surface area contributed by atoms with Gasteiger partial charge in [0.05, 0.1) is 9.79 Å². The Morgan fingerprint density at radius 3 is 1.89 bits per heavy atom. The summed E-state index contributed by atoms with van der Waals surface area (Å²) in [5, 5.41) is 8.64. The molecular formula is C10H13NO6S2. The smallest absolute Gasteiger partial charge is 0.321 e. The number of nitrogens with one attached hydrogen (secondary N) is 1. The fourth-order valence-electron chi connectivity index (χ4n) is 1.22. The van der Waals surface area contributed by atoms with Crippen LogP contribution >= 0.6 is 0 Å². The lowest BCUT2D eigenvalue weighted by Gasteiger charge is -2.10. The molecule has 1 aromatic carbocycles. The molecule has 0 radical (unpaired) electrons. The summed E-state index contributed by atoms with van der Waals surface area (Å²) in [7, 11) is -7.40. The van der Waals surface area contributed by atoms with Gasteiger partial charge in [0, 0.05) is 6.26 Å². The first-order valence-electron chi connectivity index (χ1n) is 5.09. The van der Waals surface area contributed by atoms with Gasteiger partial charge in [0.1, 0.15) is 6.04 Å². The lowest BCUT2D eigenvalue weighted by atomic mass is 10.4. The van der Waals surface area contributed by atoms with Gasteiger partial charge in [0.25, 0.3) is 0 Å². The quantitative estimate of drug-likeness (QED) is 0.780. The molecule has 0 aliphatic rings. The molecule has 19 heavy (non-hydrogen) atoms. The third-order valence-corrected chi connectivity index (χ3v) is 4.95. The highest BCUT2D eigenvalue weighted by Crippen LogP contribution is 2.14. The van der Waals surface area contributed by atoms with Crippen molar-refractivity contribution in [2.24, 2.45) is 0 Å². The van der Waals surface area contributed by atoms with Crippen molar-refractivity contribution in [3.8, 4) is 0 Å². The highest BCUT2D eigenvalue weighted by Gasteiger charge is 2.21. The van der Waals surface area contributed by atoms with Gasteiger partial charge in [-0.15, -0.1) is 0 Å². The van der Waals surface area contributed by atoms with Crippen molar-refractivity contribution in [3.63, 3.8) is 0 Å². The van der Waals surface area contributed by atoms with E-state index in [2.05, 4.69) is 0 Å². The minimum Gasteiger partial charge on any atom is -0.480 e. The Bertz CT molecular complexity index is 675. The van der Waals surface area contributed by atoms with Gasteiger partial charge in [0.15, 0.2) is 9.84 Å². The SMILES string of the molecule is C[C@H](NS(=O)(=O)c1ccc(S(C)(=O)=O)cc1)C(=O)O. The Hall–Kier alpha value is -1.45. The van der Waals surface area contributed by atoms with Crippen LogP contribution in [-0.4, -0.2) is 40.2 Å². The second kappa shape index (κ2) is 5.27. The summed E-state index contributed by atoms with van der Waals surface area (Å²) in [6.07, 6.45) is 1.00. The molecule has 1 aromatic rings. The van der Waals surface area contributed by atoms with Gasteiger partial charge in [-0.1, -0.05) is 0 Å². The Morgan fingerprint density at radius 1 is 1.11 bits per heavy atom. The first-order chi connectivity index (χ1) is 8.54. The molecule has 0 heterocycles. The number of carboxylic acid groups (broad SMARTS) is 1. The van der Waals surface area contributed by atoms with Crippen LogP contribution in [0, 0.1) is 0 Å². The molecule has 106 valence electrons. The summed E-state index contributed by atoms with van der Waals surface area (Å²) in [4.78, 5) is 10.4. The molecule has 0 aromatic heterocycles. The van der Waals surface area contributed by atoms with Crippen LogP contribution in [0.25, 0.3) is 0 Å². The van der Waals surface area contributed by atoms with E-state index in [1.807, 2.05) is 4.72 Å². The topological polar surface area (TPSA) is 118 Å². The molecule has 0 aliphatic heterocycles. The maximum absolute atomic E-state index is 11.8. The second-order valence-electron chi connectivity index (χ2n) is 3.92. The number of carboxylic acids is 1. The normalized spacial score (nSPS) is 14.0. The molecule has 0 unspecified atom stereocenters. The molecule has 9 heteroatoms. The van der Waals surface area contributed by atoms with Crippen LogP contribution in [-0.2, 0) is 24.7 Å². The Labute approximate surface area is 111 Å². The summed E-state index contributed by atoms with van der Waals surface area (Å²) in [6.45, 7) is 1.19. The highest BCUT2D eigenvalue weighted by molar-refractivity contribution is 7.90. The number of rotatable bonds is 5. The van der Waals surface area contributed by atoms with E-state index >= 15 is 0 Å². The molecule has 0 aliphatic carbocycles. The van der Waals surface area contributed by atoms with E-state index in [4.69, 9.17) is 5.11 Å². The largest absolute Gasteiger partial charge is 0.480 e. The number of sulfone groups is 1. The Kier molecular flexibility index (Phi) is 4.33. The Balaban J connectivity index is 3.07. The van der Waals surface area contributed by atoms with Gasteiger partial charge in [-0.2, -0.15) is 4.72 Å². The lowest BCUT2D eigenvalue weighted by molar-refractivity contribution is -0.138. The number of benzene rings is 1. The van der Waals surface area contributed by atoms with E-state index in [0.717, 1.165) is 30.5 Å². The average Bonchev–Trinajstić information content (AvgIpc) is 2.27. The van der Waals surface area contributed by atoms with Crippen LogP contribution in [0.5, 0.6) is 0 Å². The van der Waals surface area contributed by atoms with Crippen LogP contribution in [0.15, 0.2) is 34.1 Å². The van der Waals surface area contributed by atoms with Crippen LogP contribution in [0.1, 0.15) is 6.92 Å². The molecule has 0 saturated carbocycles. The van der Waals surface area contributed by atoms with Crippen LogP contribution in [0.2, 0.25) is 0 Å². The van der Waals surface area contributed by atoms with E-state index in [1.54, 1.807) is 0 Å². The number of carbonyl (C=O) groups is 1. The molecular weight excluding hydrogens is 294 g/mol. The van der Waals surface area contributed by atoms with Crippen molar-refractivity contribution in [1.82, 2.24) is 4.72 Å². The minimum atomic E-state index is -3.99. The van der Waals surface area contributed by atoms with E-state index in [0.29, 0.717) is 0 Å². The molecule has 1 atom stereocenters.